The Balaban J connectivity index is 1.60. The summed E-state index contributed by atoms with van der Waals surface area (Å²) in [6, 6.07) is 31.9. The number of cyclic esters (lactones) is 1. The van der Waals surface area contributed by atoms with Crippen LogP contribution < -0.4 is 0 Å². The van der Waals surface area contributed by atoms with E-state index < -0.39 is 4.75 Å². The van der Waals surface area contributed by atoms with Gasteiger partial charge >= 0.3 is 5.97 Å². The van der Waals surface area contributed by atoms with Gasteiger partial charge in [0.25, 0.3) is 0 Å². The molecule has 0 aliphatic carbocycles. The van der Waals surface area contributed by atoms with Crippen molar-refractivity contribution in [3.63, 3.8) is 0 Å². The summed E-state index contributed by atoms with van der Waals surface area (Å²) < 4.78 is 5.35. The van der Waals surface area contributed by atoms with Gasteiger partial charge in [-0.1, -0.05) is 130 Å². The van der Waals surface area contributed by atoms with Gasteiger partial charge in [0.1, 0.15) is 5.76 Å². The number of benzene rings is 3. The second-order valence-corrected chi connectivity index (χ2v) is 10.1. The third-order valence-corrected chi connectivity index (χ3v) is 8.08. The number of ether oxygens (including phenoxy) is 1. The molecule has 0 saturated carbocycles. The van der Waals surface area contributed by atoms with Crippen LogP contribution in [0.2, 0.25) is 0 Å². The van der Waals surface area contributed by atoms with E-state index in [1.807, 2.05) is 11.8 Å². The topological polar surface area (TPSA) is 26.3 Å². The molecule has 1 aliphatic heterocycles. The fourth-order valence-electron chi connectivity index (χ4n) is 4.73. The Hall–Kier alpha value is -2.78. The molecule has 34 heavy (non-hydrogen) atoms. The minimum Gasteiger partial charge on any atom is -0.430 e. The van der Waals surface area contributed by atoms with E-state index in [0.717, 1.165) is 18.6 Å². The zero-order valence-corrected chi connectivity index (χ0v) is 20.8. The van der Waals surface area contributed by atoms with Gasteiger partial charge in [0, 0.05) is 0 Å². The van der Waals surface area contributed by atoms with Crippen molar-refractivity contribution in [1.82, 2.24) is 0 Å². The van der Waals surface area contributed by atoms with Crippen molar-refractivity contribution >= 4 is 17.7 Å². The standard InChI is InChI=1S/C31H34O2S/c1-2-3-4-5-9-16-25-23-29(33-30(25)32)24-34-31(26-17-10-6-11-18-26,27-19-12-7-13-20-27)28-21-14-8-15-22-28/h6-8,10-15,17-23,25H,2-5,9,16,24H2,1H3. The van der Waals surface area contributed by atoms with E-state index in [0.29, 0.717) is 5.75 Å². The van der Waals surface area contributed by atoms with E-state index >= 15 is 0 Å². The van der Waals surface area contributed by atoms with Gasteiger partial charge in [0.05, 0.1) is 16.4 Å². The van der Waals surface area contributed by atoms with Crippen LogP contribution in [0, 0.1) is 5.92 Å². The molecule has 1 unspecified atom stereocenters. The molecule has 0 bridgehead atoms. The van der Waals surface area contributed by atoms with Crippen molar-refractivity contribution in [2.75, 3.05) is 5.75 Å². The van der Waals surface area contributed by atoms with Crippen LogP contribution in [0.3, 0.4) is 0 Å². The number of rotatable bonds is 12. The first-order chi connectivity index (χ1) is 16.7. The van der Waals surface area contributed by atoms with Gasteiger partial charge < -0.3 is 4.74 Å². The lowest BCUT2D eigenvalue weighted by Crippen LogP contribution is -2.26. The van der Waals surface area contributed by atoms with E-state index in [-0.39, 0.29) is 11.9 Å². The Labute approximate surface area is 208 Å². The number of hydrogen-bond donors (Lipinski definition) is 0. The van der Waals surface area contributed by atoms with Gasteiger partial charge in [-0.05, 0) is 29.2 Å². The van der Waals surface area contributed by atoms with Crippen LogP contribution in [0.5, 0.6) is 0 Å². The lowest BCUT2D eigenvalue weighted by Gasteiger charge is -2.35. The second-order valence-electron chi connectivity index (χ2n) is 8.93. The highest BCUT2D eigenvalue weighted by atomic mass is 32.2. The molecule has 0 spiro atoms. The quantitative estimate of drug-likeness (QED) is 0.152. The Bertz CT molecular complexity index is 964. The summed E-state index contributed by atoms with van der Waals surface area (Å²) in [5.74, 6) is 1.24. The molecular weight excluding hydrogens is 436 g/mol. The normalized spacial score (nSPS) is 15.7. The van der Waals surface area contributed by atoms with Crippen molar-refractivity contribution in [3.8, 4) is 0 Å². The Morgan fingerprint density at radius 2 is 1.24 bits per heavy atom. The van der Waals surface area contributed by atoms with Crippen molar-refractivity contribution in [1.29, 1.82) is 0 Å². The maximum atomic E-state index is 12.6. The molecule has 0 saturated heterocycles. The van der Waals surface area contributed by atoms with Crippen LogP contribution >= 0.6 is 11.8 Å². The molecule has 176 valence electrons. The van der Waals surface area contributed by atoms with Crippen LogP contribution in [-0.4, -0.2) is 11.7 Å². The summed E-state index contributed by atoms with van der Waals surface area (Å²) in [7, 11) is 0. The summed E-state index contributed by atoms with van der Waals surface area (Å²) in [6.07, 6.45) is 8.98. The predicted molar refractivity (Wildman–Crippen MR) is 143 cm³/mol. The number of thioether (sulfide) groups is 1. The molecule has 1 atom stereocenters. The highest BCUT2D eigenvalue weighted by molar-refractivity contribution is 8.00. The molecule has 0 N–H and O–H groups in total. The van der Waals surface area contributed by atoms with Gasteiger partial charge in [-0.25, -0.2) is 0 Å². The van der Waals surface area contributed by atoms with Crippen LogP contribution in [-0.2, 0) is 14.3 Å². The predicted octanol–water partition coefficient (Wildman–Crippen LogP) is 8.13. The van der Waals surface area contributed by atoms with Gasteiger partial charge in [-0.2, -0.15) is 0 Å². The van der Waals surface area contributed by atoms with Crippen molar-refractivity contribution in [2.24, 2.45) is 5.92 Å². The summed E-state index contributed by atoms with van der Waals surface area (Å²) in [5.41, 5.74) is 3.65. The monoisotopic (exact) mass is 470 g/mol. The Morgan fingerprint density at radius 1 is 0.735 bits per heavy atom. The fourth-order valence-corrected chi connectivity index (χ4v) is 6.15. The minimum atomic E-state index is -0.407. The maximum absolute atomic E-state index is 12.6. The average Bonchev–Trinajstić information content (AvgIpc) is 3.25. The SMILES string of the molecule is CCCCCCCC1C=C(CSC(c2ccccc2)(c2ccccc2)c2ccccc2)OC1=O. The molecule has 0 fully saturated rings. The number of esters is 1. The van der Waals surface area contributed by atoms with Gasteiger partial charge in [0.2, 0.25) is 0 Å². The summed E-state index contributed by atoms with van der Waals surface area (Å²) in [6.45, 7) is 2.22. The van der Waals surface area contributed by atoms with E-state index in [9.17, 15) is 4.79 Å². The molecule has 3 heteroatoms. The lowest BCUT2D eigenvalue weighted by atomic mass is 9.84. The lowest BCUT2D eigenvalue weighted by molar-refractivity contribution is -0.140. The van der Waals surface area contributed by atoms with Gasteiger partial charge in [-0.3, -0.25) is 4.79 Å². The molecular formula is C31H34O2S. The first-order valence-corrected chi connectivity index (χ1v) is 13.5. The van der Waals surface area contributed by atoms with Gasteiger partial charge in [-0.15, -0.1) is 11.8 Å². The molecule has 0 aromatic heterocycles. The smallest absolute Gasteiger partial charge is 0.318 e. The van der Waals surface area contributed by atoms with Gasteiger partial charge in [0.15, 0.2) is 0 Å². The van der Waals surface area contributed by atoms with Crippen LogP contribution in [0.25, 0.3) is 0 Å². The number of unbranched alkanes of at least 4 members (excludes halogenated alkanes) is 4. The fraction of sp³-hybridized carbons (Fsp3) is 0.323. The minimum absolute atomic E-state index is 0.0872. The Morgan fingerprint density at radius 3 is 1.74 bits per heavy atom. The molecule has 3 aromatic rings. The first kappa shape index (κ1) is 24.3. The van der Waals surface area contributed by atoms with E-state index in [1.165, 1.54) is 42.4 Å². The van der Waals surface area contributed by atoms with Crippen LogP contribution in [0.15, 0.2) is 103 Å². The summed E-state index contributed by atoms with van der Waals surface area (Å²) in [4.78, 5) is 12.6. The van der Waals surface area contributed by atoms with Crippen molar-refractivity contribution in [2.45, 2.75) is 50.2 Å². The van der Waals surface area contributed by atoms with Crippen LogP contribution in [0.4, 0.5) is 0 Å². The molecule has 4 rings (SSSR count). The first-order valence-electron chi connectivity index (χ1n) is 12.5. The summed E-state index contributed by atoms with van der Waals surface area (Å²) in [5, 5.41) is 0. The Kier molecular flexibility index (Phi) is 8.65. The number of hydrogen-bond acceptors (Lipinski definition) is 3. The largest absolute Gasteiger partial charge is 0.430 e. The molecule has 1 heterocycles. The average molecular weight is 471 g/mol. The molecule has 3 aromatic carbocycles. The maximum Gasteiger partial charge on any atom is 0.318 e. The van der Waals surface area contributed by atoms with E-state index in [1.54, 1.807) is 0 Å². The number of carbonyl (C=O) groups is 1. The second kappa shape index (κ2) is 12.1. The van der Waals surface area contributed by atoms with Crippen LogP contribution in [0.1, 0.15) is 62.1 Å². The molecule has 0 amide bonds. The van der Waals surface area contributed by atoms with E-state index in [4.69, 9.17) is 4.74 Å². The third kappa shape index (κ3) is 5.64. The molecule has 0 radical (unpaired) electrons. The third-order valence-electron chi connectivity index (χ3n) is 6.51. The highest BCUT2D eigenvalue weighted by Gasteiger charge is 2.38. The zero-order chi connectivity index (χ0) is 23.6. The summed E-state index contributed by atoms with van der Waals surface area (Å²) >= 11 is 1.82. The highest BCUT2D eigenvalue weighted by Crippen LogP contribution is 2.49. The molecule has 1 aliphatic rings. The zero-order valence-electron chi connectivity index (χ0n) is 20.0. The van der Waals surface area contributed by atoms with Crippen molar-refractivity contribution < 1.29 is 9.53 Å². The molecule has 2 nitrogen and oxygen atoms in total. The van der Waals surface area contributed by atoms with E-state index in [2.05, 4.69) is 104 Å². The van der Waals surface area contributed by atoms with Crippen molar-refractivity contribution in [3.05, 3.63) is 120 Å². The number of carbonyl (C=O) groups excluding carboxylic acids is 1.